The van der Waals surface area contributed by atoms with Crippen molar-refractivity contribution < 1.29 is 4.74 Å². The zero-order valence-electron chi connectivity index (χ0n) is 11.6. The highest BCUT2D eigenvalue weighted by atomic mass is 16.5. The standard InChI is InChI=1S/C18H17NO/c1-2-13-9-10-20-18-8-7-14(11-17(13)18)16-6-4-3-5-15(16)12-19/h3-8,11,13H,2,9-10H2,1H3. The normalized spacial score (nSPS) is 16.9. The largest absolute Gasteiger partial charge is 0.493 e. The summed E-state index contributed by atoms with van der Waals surface area (Å²) in [5.74, 6) is 1.56. The summed E-state index contributed by atoms with van der Waals surface area (Å²) in [6.45, 7) is 3.02. The number of hydrogen-bond donors (Lipinski definition) is 0. The van der Waals surface area contributed by atoms with E-state index >= 15 is 0 Å². The molecule has 1 aliphatic rings. The van der Waals surface area contributed by atoms with Crippen molar-refractivity contribution in [3.8, 4) is 22.9 Å². The van der Waals surface area contributed by atoms with Gasteiger partial charge in [0.25, 0.3) is 0 Å². The number of nitriles is 1. The third-order valence-corrected chi connectivity index (χ3v) is 4.02. The van der Waals surface area contributed by atoms with Crippen LogP contribution in [0.25, 0.3) is 11.1 Å². The minimum Gasteiger partial charge on any atom is -0.493 e. The zero-order valence-corrected chi connectivity index (χ0v) is 11.6. The second-order valence-corrected chi connectivity index (χ2v) is 5.15. The highest BCUT2D eigenvalue weighted by Gasteiger charge is 2.20. The molecule has 0 fully saturated rings. The first-order chi connectivity index (χ1) is 9.83. The third-order valence-electron chi connectivity index (χ3n) is 4.02. The second-order valence-electron chi connectivity index (χ2n) is 5.15. The Morgan fingerprint density at radius 2 is 2.10 bits per heavy atom. The van der Waals surface area contributed by atoms with Gasteiger partial charge in [-0.1, -0.05) is 31.2 Å². The SMILES string of the molecule is CCC1CCOc2ccc(-c3ccccc3C#N)cc21. The van der Waals surface area contributed by atoms with Crippen LogP contribution in [0.15, 0.2) is 42.5 Å². The molecule has 1 atom stereocenters. The lowest BCUT2D eigenvalue weighted by Crippen LogP contribution is -2.13. The van der Waals surface area contributed by atoms with Gasteiger partial charge in [0.1, 0.15) is 5.75 Å². The molecule has 2 heteroatoms. The molecule has 0 aromatic heterocycles. The smallest absolute Gasteiger partial charge is 0.122 e. The molecule has 2 aromatic rings. The van der Waals surface area contributed by atoms with E-state index in [1.54, 1.807) is 0 Å². The Bertz CT molecular complexity index is 669. The molecular weight excluding hydrogens is 246 g/mol. The van der Waals surface area contributed by atoms with Gasteiger partial charge in [-0.2, -0.15) is 5.26 Å². The molecular formula is C18H17NO. The second kappa shape index (κ2) is 5.38. The number of benzene rings is 2. The van der Waals surface area contributed by atoms with Gasteiger partial charge in [0, 0.05) is 0 Å². The maximum absolute atomic E-state index is 9.24. The number of rotatable bonds is 2. The van der Waals surface area contributed by atoms with Crippen LogP contribution in [0.3, 0.4) is 0 Å². The number of ether oxygens (including phenoxy) is 1. The van der Waals surface area contributed by atoms with Crippen LogP contribution in [-0.2, 0) is 0 Å². The Morgan fingerprint density at radius 1 is 1.25 bits per heavy atom. The highest BCUT2D eigenvalue weighted by Crippen LogP contribution is 2.38. The lowest BCUT2D eigenvalue weighted by atomic mass is 9.88. The average Bonchev–Trinajstić information content (AvgIpc) is 2.53. The van der Waals surface area contributed by atoms with Crippen LogP contribution in [0.2, 0.25) is 0 Å². The average molecular weight is 263 g/mol. The van der Waals surface area contributed by atoms with E-state index in [4.69, 9.17) is 4.74 Å². The van der Waals surface area contributed by atoms with Gasteiger partial charge in [-0.05, 0) is 53.6 Å². The van der Waals surface area contributed by atoms with Gasteiger partial charge in [0.2, 0.25) is 0 Å². The fourth-order valence-corrected chi connectivity index (χ4v) is 2.89. The van der Waals surface area contributed by atoms with Crippen molar-refractivity contribution in [2.24, 2.45) is 0 Å². The molecule has 3 rings (SSSR count). The summed E-state index contributed by atoms with van der Waals surface area (Å²) in [7, 11) is 0. The van der Waals surface area contributed by atoms with Gasteiger partial charge in [-0.3, -0.25) is 0 Å². The molecule has 0 amide bonds. The van der Waals surface area contributed by atoms with Crippen molar-refractivity contribution in [1.29, 1.82) is 5.26 Å². The minimum atomic E-state index is 0.563. The predicted molar refractivity (Wildman–Crippen MR) is 79.7 cm³/mol. The molecule has 1 unspecified atom stereocenters. The highest BCUT2D eigenvalue weighted by molar-refractivity contribution is 5.72. The van der Waals surface area contributed by atoms with Gasteiger partial charge in [-0.15, -0.1) is 0 Å². The molecule has 0 aliphatic carbocycles. The summed E-state index contributed by atoms with van der Waals surface area (Å²) in [5.41, 5.74) is 4.10. The van der Waals surface area contributed by atoms with Crippen molar-refractivity contribution in [3.05, 3.63) is 53.6 Å². The molecule has 100 valence electrons. The Hall–Kier alpha value is -2.27. The monoisotopic (exact) mass is 263 g/mol. The van der Waals surface area contributed by atoms with E-state index in [1.807, 2.05) is 36.4 Å². The first-order valence-corrected chi connectivity index (χ1v) is 7.09. The van der Waals surface area contributed by atoms with Crippen LogP contribution in [0, 0.1) is 11.3 Å². The van der Waals surface area contributed by atoms with Gasteiger partial charge in [0.05, 0.1) is 18.2 Å². The van der Waals surface area contributed by atoms with E-state index in [0.717, 1.165) is 41.9 Å². The fraction of sp³-hybridized carbons (Fsp3) is 0.278. The van der Waals surface area contributed by atoms with Crippen LogP contribution in [0.1, 0.15) is 36.8 Å². The van der Waals surface area contributed by atoms with Crippen molar-refractivity contribution in [3.63, 3.8) is 0 Å². The van der Waals surface area contributed by atoms with E-state index in [2.05, 4.69) is 19.1 Å². The van der Waals surface area contributed by atoms with Gasteiger partial charge < -0.3 is 4.74 Å². The van der Waals surface area contributed by atoms with Crippen LogP contribution in [-0.4, -0.2) is 6.61 Å². The Morgan fingerprint density at radius 3 is 2.90 bits per heavy atom. The van der Waals surface area contributed by atoms with Crippen LogP contribution < -0.4 is 4.74 Å². The third kappa shape index (κ3) is 2.16. The molecule has 20 heavy (non-hydrogen) atoms. The molecule has 1 aliphatic heterocycles. The first kappa shape index (κ1) is 12.7. The summed E-state index contributed by atoms with van der Waals surface area (Å²) < 4.78 is 5.74. The minimum absolute atomic E-state index is 0.563. The molecule has 0 N–H and O–H groups in total. The van der Waals surface area contributed by atoms with E-state index in [1.165, 1.54) is 5.56 Å². The van der Waals surface area contributed by atoms with Crippen molar-refractivity contribution in [2.75, 3.05) is 6.61 Å². The quantitative estimate of drug-likeness (QED) is 0.799. The summed E-state index contributed by atoms with van der Waals surface area (Å²) in [6.07, 6.45) is 2.20. The van der Waals surface area contributed by atoms with Gasteiger partial charge >= 0.3 is 0 Å². The molecule has 1 heterocycles. The molecule has 2 aromatic carbocycles. The number of fused-ring (bicyclic) bond motifs is 1. The Kier molecular flexibility index (Phi) is 3.43. The first-order valence-electron chi connectivity index (χ1n) is 7.09. The molecule has 0 bridgehead atoms. The zero-order chi connectivity index (χ0) is 13.9. The molecule has 0 radical (unpaired) electrons. The Labute approximate surface area is 119 Å². The van der Waals surface area contributed by atoms with Crippen molar-refractivity contribution in [1.82, 2.24) is 0 Å². The van der Waals surface area contributed by atoms with E-state index in [0.29, 0.717) is 5.92 Å². The molecule has 0 spiro atoms. The Balaban J connectivity index is 2.10. The predicted octanol–water partition coefficient (Wildman–Crippen LogP) is 4.50. The van der Waals surface area contributed by atoms with Crippen LogP contribution >= 0.6 is 0 Å². The van der Waals surface area contributed by atoms with Gasteiger partial charge in [0.15, 0.2) is 0 Å². The summed E-state index contributed by atoms with van der Waals surface area (Å²) in [4.78, 5) is 0. The fourth-order valence-electron chi connectivity index (χ4n) is 2.89. The molecule has 2 nitrogen and oxygen atoms in total. The van der Waals surface area contributed by atoms with E-state index in [-0.39, 0.29) is 0 Å². The van der Waals surface area contributed by atoms with Crippen molar-refractivity contribution >= 4 is 0 Å². The topological polar surface area (TPSA) is 33.0 Å². The molecule has 0 saturated carbocycles. The number of hydrogen-bond acceptors (Lipinski definition) is 2. The lowest BCUT2D eigenvalue weighted by molar-refractivity contribution is 0.265. The van der Waals surface area contributed by atoms with E-state index < -0.39 is 0 Å². The van der Waals surface area contributed by atoms with Crippen LogP contribution in [0.5, 0.6) is 5.75 Å². The van der Waals surface area contributed by atoms with Crippen LogP contribution in [0.4, 0.5) is 0 Å². The lowest BCUT2D eigenvalue weighted by Gasteiger charge is -2.25. The van der Waals surface area contributed by atoms with Crippen molar-refractivity contribution in [2.45, 2.75) is 25.7 Å². The van der Waals surface area contributed by atoms with E-state index in [9.17, 15) is 5.26 Å². The van der Waals surface area contributed by atoms with Gasteiger partial charge in [-0.25, -0.2) is 0 Å². The molecule has 0 saturated heterocycles. The summed E-state index contributed by atoms with van der Waals surface area (Å²) in [5, 5.41) is 9.24. The summed E-state index contributed by atoms with van der Waals surface area (Å²) >= 11 is 0. The maximum Gasteiger partial charge on any atom is 0.122 e. The summed E-state index contributed by atoms with van der Waals surface area (Å²) in [6, 6.07) is 16.3. The maximum atomic E-state index is 9.24. The number of nitrogens with zero attached hydrogens (tertiary/aromatic N) is 1.